The molecule has 0 aliphatic rings. The molecule has 0 fully saturated rings. The van der Waals surface area contributed by atoms with Gasteiger partial charge in [-0.15, -0.1) is 0 Å². The molecular weight excluding hydrogens is 549 g/mol. The lowest BCUT2D eigenvalue weighted by atomic mass is 10.1. The fourth-order valence-electron chi connectivity index (χ4n) is 3.60. The molecule has 2 N–H and O–H groups in total. The van der Waals surface area contributed by atoms with E-state index in [1.54, 1.807) is 24.3 Å². The second-order valence-corrected chi connectivity index (χ2v) is 9.48. The van der Waals surface area contributed by atoms with Gasteiger partial charge >= 0.3 is 0 Å². The molecule has 35 heavy (non-hydrogen) atoms. The number of H-pyrrole nitrogens is 1. The topological polar surface area (TPSA) is 77.9 Å². The molecule has 8 heteroatoms. The maximum Gasteiger partial charge on any atom is 0.261 e. The lowest BCUT2D eigenvalue weighted by Crippen LogP contribution is -2.26. The van der Waals surface area contributed by atoms with Crippen molar-refractivity contribution in [2.24, 2.45) is 0 Å². The number of benzene rings is 3. The monoisotopic (exact) mass is 567 g/mol. The third-order valence-electron chi connectivity index (χ3n) is 5.37. The first-order valence-corrected chi connectivity index (χ1v) is 12.3. The number of nitriles is 1. The van der Waals surface area contributed by atoms with Gasteiger partial charge in [0, 0.05) is 33.7 Å². The van der Waals surface area contributed by atoms with Crippen LogP contribution in [0.3, 0.4) is 0 Å². The number of rotatable bonds is 8. The van der Waals surface area contributed by atoms with E-state index in [0.717, 1.165) is 26.5 Å². The summed E-state index contributed by atoms with van der Waals surface area (Å²) in [5.41, 5.74) is 3.58. The zero-order chi connectivity index (χ0) is 24.8. The van der Waals surface area contributed by atoms with Crippen LogP contribution in [-0.4, -0.2) is 17.4 Å². The summed E-state index contributed by atoms with van der Waals surface area (Å²) in [7, 11) is 0. The number of nitrogens with zero attached hydrogens (tertiary/aromatic N) is 1. The molecule has 0 atom stereocenters. The van der Waals surface area contributed by atoms with Crippen LogP contribution in [0.5, 0.6) is 5.75 Å². The van der Waals surface area contributed by atoms with Gasteiger partial charge in [0.2, 0.25) is 0 Å². The summed E-state index contributed by atoms with van der Waals surface area (Å²) in [6.07, 6.45) is 4.11. The first-order chi connectivity index (χ1) is 16.9. The highest BCUT2D eigenvalue weighted by molar-refractivity contribution is 9.10. The number of para-hydroxylation sites is 1. The van der Waals surface area contributed by atoms with E-state index in [0.29, 0.717) is 34.3 Å². The molecule has 0 aliphatic heterocycles. The Morgan fingerprint density at radius 1 is 1.11 bits per heavy atom. The highest BCUT2D eigenvalue weighted by atomic mass is 79.9. The third kappa shape index (κ3) is 6.26. The number of amides is 1. The fourth-order valence-corrected chi connectivity index (χ4v) is 4.30. The van der Waals surface area contributed by atoms with Gasteiger partial charge in [-0.2, -0.15) is 5.26 Å². The van der Waals surface area contributed by atoms with E-state index >= 15 is 0 Å². The number of aromatic nitrogens is 1. The quantitative estimate of drug-likeness (QED) is 0.176. The Balaban J connectivity index is 1.45. The molecule has 0 spiro atoms. The van der Waals surface area contributed by atoms with Gasteiger partial charge in [0.25, 0.3) is 5.91 Å². The summed E-state index contributed by atoms with van der Waals surface area (Å²) >= 11 is 15.5. The Bertz CT molecular complexity index is 1460. The van der Waals surface area contributed by atoms with E-state index in [9.17, 15) is 10.1 Å². The van der Waals surface area contributed by atoms with Crippen LogP contribution in [0.25, 0.3) is 17.0 Å². The van der Waals surface area contributed by atoms with Gasteiger partial charge in [-0.3, -0.25) is 4.79 Å². The molecule has 1 amide bonds. The van der Waals surface area contributed by atoms with Crippen molar-refractivity contribution in [2.75, 3.05) is 6.54 Å². The molecule has 0 unspecified atom stereocenters. The molecule has 4 rings (SSSR count). The first kappa shape index (κ1) is 24.9. The number of hydrogen-bond donors (Lipinski definition) is 2. The Morgan fingerprint density at radius 2 is 1.94 bits per heavy atom. The largest absolute Gasteiger partial charge is 0.488 e. The van der Waals surface area contributed by atoms with Crippen molar-refractivity contribution in [2.45, 2.75) is 13.0 Å². The van der Waals surface area contributed by atoms with E-state index in [1.807, 2.05) is 48.7 Å². The summed E-state index contributed by atoms with van der Waals surface area (Å²) in [5.74, 6) is 0.0846. The van der Waals surface area contributed by atoms with Crippen molar-refractivity contribution in [3.05, 3.63) is 104 Å². The van der Waals surface area contributed by atoms with Crippen LogP contribution in [-0.2, 0) is 17.8 Å². The van der Waals surface area contributed by atoms with E-state index in [1.165, 1.54) is 6.08 Å². The van der Waals surface area contributed by atoms with Gasteiger partial charge < -0.3 is 15.0 Å². The minimum absolute atomic E-state index is 0.0126. The normalized spacial score (nSPS) is 11.3. The molecular formula is C27H20BrCl2N3O2. The van der Waals surface area contributed by atoms with E-state index in [2.05, 4.69) is 26.2 Å². The maximum absolute atomic E-state index is 12.7. The summed E-state index contributed by atoms with van der Waals surface area (Å²) in [4.78, 5) is 16.0. The van der Waals surface area contributed by atoms with Crippen LogP contribution >= 0.6 is 39.1 Å². The molecule has 5 nitrogen and oxygen atoms in total. The number of fused-ring (bicyclic) bond motifs is 1. The van der Waals surface area contributed by atoms with Crippen molar-refractivity contribution < 1.29 is 9.53 Å². The number of carbonyl (C=O) groups excluding carboxylic acids is 1. The summed E-state index contributed by atoms with van der Waals surface area (Å²) in [6, 6.07) is 20.7. The number of aromatic amines is 1. The molecule has 0 aliphatic carbocycles. The van der Waals surface area contributed by atoms with Gasteiger partial charge in [-0.05, 0) is 60.0 Å². The highest BCUT2D eigenvalue weighted by Gasteiger charge is 2.12. The molecule has 1 aromatic heterocycles. The van der Waals surface area contributed by atoms with E-state index in [4.69, 9.17) is 27.9 Å². The van der Waals surface area contributed by atoms with Crippen LogP contribution in [0.15, 0.2) is 76.9 Å². The fraction of sp³-hybridized carbons (Fsp3) is 0.111. The lowest BCUT2D eigenvalue weighted by molar-refractivity contribution is -0.117. The van der Waals surface area contributed by atoms with Crippen molar-refractivity contribution in [3.8, 4) is 11.8 Å². The van der Waals surface area contributed by atoms with Crippen molar-refractivity contribution >= 4 is 62.0 Å². The predicted octanol–water partition coefficient (Wildman–Crippen LogP) is 7.08. The molecule has 0 saturated heterocycles. The Labute approximate surface area is 221 Å². The van der Waals surface area contributed by atoms with Crippen LogP contribution in [0, 0.1) is 11.3 Å². The Hall–Kier alpha value is -3.24. The third-order valence-corrected chi connectivity index (χ3v) is 6.60. The van der Waals surface area contributed by atoms with Crippen LogP contribution in [0.4, 0.5) is 0 Å². The van der Waals surface area contributed by atoms with Crippen LogP contribution in [0.1, 0.15) is 16.7 Å². The standard InChI is InChI=1S/C27H20BrCl2N3O2/c28-21-6-8-26(35-16-17-5-7-23(29)24(30)11-17)19(13-21)12-20(14-31)27(34)32-10-9-18-15-33-25-4-2-1-3-22(18)25/h1-8,11-13,15,33H,9-10,16H2,(H,32,34)/b20-12-. The van der Waals surface area contributed by atoms with Crippen molar-refractivity contribution in [1.82, 2.24) is 10.3 Å². The van der Waals surface area contributed by atoms with Crippen LogP contribution < -0.4 is 10.1 Å². The molecule has 1 heterocycles. The SMILES string of the molecule is N#C/C(=C/c1cc(Br)ccc1OCc1ccc(Cl)c(Cl)c1)C(=O)NCCc1c[nH]c2ccccc12. The van der Waals surface area contributed by atoms with Gasteiger partial charge in [0.1, 0.15) is 24.0 Å². The zero-order valence-electron chi connectivity index (χ0n) is 18.4. The average Bonchev–Trinajstić information content (AvgIpc) is 3.27. The molecule has 3 aromatic carbocycles. The smallest absolute Gasteiger partial charge is 0.261 e. The van der Waals surface area contributed by atoms with Crippen LogP contribution in [0.2, 0.25) is 10.0 Å². The summed E-state index contributed by atoms with van der Waals surface area (Å²) in [6.45, 7) is 0.650. The van der Waals surface area contributed by atoms with E-state index in [-0.39, 0.29) is 12.2 Å². The van der Waals surface area contributed by atoms with Crippen molar-refractivity contribution in [3.63, 3.8) is 0 Å². The molecule has 176 valence electrons. The van der Waals surface area contributed by atoms with Gasteiger partial charge in [-0.25, -0.2) is 0 Å². The Morgan fingerprint density at radius 3 is 2.74 bits per heavy atom. The maximum atomic E-state index is 12.7. The molecule has 4 aromatic rings. The second-order valence-electron chi connectivity index (χ2n) is 7.75. The van der Waals surface area contributed by atoms with Gasteiger partial charge in [0.15, 0.2) is 0 Å². The van der Waals surface area contributed by atoms with Crippen molar-refractivity contribution in [1.29, 1.82) is 5.26 Å². The summed E-state index contributed by atoms with van der Waals surface area (Å²) < 4.78 is 6.75. The van der Waals surface area contributed by atoms with Gasteiger partial charge in [0.05, 0.1) is 10.0 Å². The number of halogens is 3. The zero-order valence-corrected chi connectivity index (χ0v) is 21.5. The minimum Gasteiger partial charge on any atom is -0.488 e. The summed E-state index contributed by atoms with van der Waals surface area (Å²) in [5, 5.41) is 14.5. The molecule has 0 saturated carbocycles. The Kier molecular flexibility index (Phi) is 8.14. The average molecular weight is 569 g/mol. The number of ether oxygens (including phenoxy) is 1. The van der Waals surface area contributed by atoms with E-state index < -0.39 is 5.91 Å². The molecule has 0 radical (unpaired) electrons. The highest BCUT2D eigenvalue weighted by Crippen LogP contribution is 2.28. The second kappa shape index (κ2) is 11.5. The predicted molar refractivity (Wildman–Crippen MR) is 144 cm³/mol. The number of hydrogen-bond acceptors (Lipinski definition) is 3. The lowest BCUT2D eigenvalue weighted by Gasteiger charge is -2.11. The molecule has 0 bridgehead atoms. The first-order valence-electron chi connectivity index (χ1n) is 10.8. The number of carbonyl (C=O) groups is 1. The number of nitrogens with one attached hydrogen (secondary N) is 2. The van der Waals surface area contributed by atoms with Gasteiger partial charge in [-0.1, -0.05) is 63.4 Å². The minimum atomic E-state index is -0.442.